The van der Waals surface area contributed by atoms with E-state index in [1.54, 1.807) is 17.0 Å². The van der Waals surface area contributed by atoms with Crippen LogP contribution in [-0.2, 0) is 16.0 Å². The van der Waals surface area contributed by atoms with Crippen LogP contribution in [0.15, 0.2) is 24.3 Å². The Balaban J connectivity index is 1.76. The van der Waals surface area contributed by atoms with E-state index >= 15 is 0 Å². The summed E-state index contributed by atoms with van der Waals surface area (Å²) in [6, 6.07) is 6.08. The molecule has 5 nitrogen and oxygen atoms in total. The lowest BCUT2D eigenvalue weighted by atomic mass is 10.0. The molecular weight excluding hydrogens is 311 g/mol. The van der Waals surface area contributed by atoms with Crippen molar-refractivity contribution in [1.29, 1.82) is 0 Å². The van der Waals surface area contributed by atoms with E-state index in [0.29, 0.717) is 31.5 Å². The van der Waals surface area contributed by atoms with Crippen LogP contribution in [-0.4, -0.2) is 41.6 Å². The van der Waals surface area contributed by atoms with Gasteiger partial charge in [-0.1, -0.05) is 12.1 Å². The quantitative estimate of drug-likeness (QED) is 0.923. The molecule has 1 heterocycles. The summed E-state index contributed by atoms with van der Waals surface area (Å²) in [6.45, 7) is 6.62. The van der Waals surface area contributed by atoms with Crippen molar-refractivity contribution in [3.63, 3.8) is 0 Å². The zero-order valence-electron chi connectivity index (χ0n) is 14.5. The van der Waals surface area contributed by atoms with Gasteiger partial charge in [-0.15, -0.1) is 0 Å². The van der Waals surface area contributed by atoms with E-state index < -0.39 is 5.60 Å². The molecule has 1 aliphatic heterocycles. The summed E-state index contributed by atoms with van der Waals surface area (Å²) in [4.78, 5) is 25.7. The average molecular weight is 336 g/mol. The van der Waals surface area contributed by atoms with Gasteiger partial charge in [-0.2, -0.15) is 0 Å². The highest BCUT2D eigenvalue weighted by Gasteiger charge is 2.27. The fraction of sp³-hybridized carbons (Fsp3) is 0.556. The molecule has 1 saturated heterocycles. The van der Waals surface area contributed by atoms with Crippen LogP contribution in [0, 0.1) is 5.82 Å². The van der Waals surface area contributed by atoms with E-state index in [1.165, 1.54) is 12.1 Å². The van der Waals surface area contributed by atoms with Gasteiger partial charge in [-0.05, 0) is 51.3 Å². The molecule has 6 heteroatoms. The molecule has 0 radical (unpaired) electrons. The Bertz CT molecular complexity index is 590. The largest absolute Gasteiger partial charge is 0.444 e. The lowest BCUT2D eigenvalue weighted by molar-refractivity contribution is -0.121. The molecule has 1 aromatic carbocycles. The first-order valence-electron chi connectivity index (χ1n) is 8.25. The predicted octanol–water partition coefficient (Wildman–Crippen LogP) is 2.88. The molecule has 2 amide bonds. The van der Waals surface area contributed by atoms with Crippen LogP contribution in [0.4, 0.5) is 9.18 Å². The highest BCUT2D eigenvalue weighted by molar-refractivity contribution is 5.78. The number of likely N-dealkylation sites (tertiary alicyclic amines) is 1. The summed E-state index contributed by atoms with van der Waals surface area (Å²) in [6.07, 6.45) is 1.22. The molecule has 0 atom stereocenters. The SMILES string of the molecule is CC(C)(C)OC(=O)N1CCC(NC(=O)Cc2cccc(F)c2)CC1. The second-order valence-corrected chi connectivity index (χ2v) is 7.12. The summed E-state index contributed by atoms with van der Waals surface area (Å²) in [5, 5.41) is 2.95. The molecule has 1 fully saturated rings. The smallest absolute Gasteiger partial charge is 0.410 e. The number of amides is 2. The number of nitrogens with zero attached hydrogens (tertiary/aromatic N) is 1. The van der Waals surface area contributed by atoms with E-state index in [4.69, 9.17) is 4.74 Å². The third-order valence-corrected chi connectivity index (χ3v) is 3.77. The Morgan fingerprint density at radius 2 is 1.96 bits per heavy atom. The molecule has 0 unspecified atom stereocenters. The molecule has 2 rings (SSSR count). The third kappa shape index (κ3) is 5.83. The number of rotatable bonds is 3. The van der Waals surface area contributed by atoms with Crippen LogP contribution in [0.2, 0.25) is 0 Å². The lowest BCUT2D eigenvalue weighted by Gasteiger charge is -2.33. The molecule has 24 heavy (non-hydrogen) atoms. The molecule has 1 aromatic rings. The number of carbonyl (C=O) groups is 2. The Morgan fingerprint density at radius 3 is 2.54 bits per heavy atom. The fourth-order valence-corrected chi connectivity index (χ4v) is 2.64. The standard InChI is InChI=1S/C18H25FN2O3/c1-18(2,3)24-17(23)21-9-7-15(8-10-21)20-16(22)12-13-5-4-6-14(19)11-13/h4-6,11,15H,7-10,12H2,1-3H3,(H,20,22). The second kappa shape index (κ2) is 7.64. The van der Waals surface area contributed by atoms with Crippen molar-refractivity contribution in [2.75, 3.05) is 13.1 Å². The number of ether oxygens (including phenoxy) is 1. The normalized spacial score (nSPS) is 15.9. The van der Waals surface area contributed by atoms with Crippen LogP contribution in [0.1, 0.15) is 39.2 Å². The van der Waals surface area contributed by atoms with Gasteiger partial charge < -0.3 is 15.0 Å². The topological polar surface area (TPSA) is 58.6 Å². The van der Waals surface area contributed by atoms with E-state index in [9.17, 15) is 14.0 Å². The Kier molecular flexibility index (Phi) is 5.80. The molecule has 132 valence electrons. The van der Waals surface area contributed by atoms with Crippen molar-refractivity contribution in [3.8, 4) is 0 Å². The lowest BCUT2D eigenvalue weighted by Crippen LogP contribution is -2.48. The highest BCUT2D eigenvalue weighted by Crippen LogP contribution is 2.15. The van der Waals surface area contributed by atoms with Crippen molar-refractivity contribution in [2.45, 2.75) is 51.7 Å². The number of carbonyl (C=O) groups excluding carboxylic acids is 2. The van der Waals surface area contributed by atoms with E-state index in [2.05, 4.69) is 5.32 Å². The van der Waals surface area contributed by atoms with Crippen LogP contribution in [0.25, 0.3) is 0 Å². The maximum absolute atomic E-state index is 13.1. The molecule has 1 aliphatic rings. The van der Waals surface area contributed by atoms with Crippen molar-refractivity contribution in [2.24, 2.45) is 0 Å². The van der Waals surface area contributed by atoms with Crippen molar-refractivity contribution < 1.29 is 18.7 Å². The molecule has 0 spiro atoms. The predicted molar refractivity (Wildman–Crippen MR) is 89.1 cm³/mol. The monoisotopic (exact) mass is 336 g/mol. The molecular formula is C18H25FN2O3. The van der Waals surface area contributed by atoms with Gasteiger partial charge in [0.1, 0.15) is 11.4 Å². The summed E-state index contributed by atoms with van der Waals surface area (Å²) in [5.41, 5.74) is 0.145. The van der Waals surface area contributed by atoms with Gasteiger partial charge in [0.15, 0.2) is 0 Å². The summed E-state index contributed by atoms with van der Waals surface area (Å²) >= 11 is 0. The van der Waals surface area contributed by atoms with Gasteiger partial charge in [0.25, 0.3) is 0 Å². The van der Waals surface area contributed by atoms with Crippen molar-refractivity contribution in [3.05, 3.63) is 35.6 Å². The maximum atomic E-state index is 13.1. The number of hydrogen-bond acceptors (Lipinski definition) is 3. The first-order chi connectivity index (χ1) is 11.2. The van der Waals surface area contributed by atoms with E-state index in [-0.39, 0.29) is 30.3 Å². The van der Waals surface area contributed by atoms with Gasteiger partial charge >= 0.3 is 6.09 Å². The summed E-state index contributed by atoms with van der Waals surface area (Å²) in [5.74, 6) is -0.470. The number of nitrogens with one attached hydrogen (secondary N) is 1. The minimum atomic E-state index is -0.507. The van der Waals surface area contributed by atoms with Crippen LogP contribution < -0.4 is 5.32 Å². The summed E-state index contributed by atoms with van der Waals surface area (Å²) < 4.78 is 18.5. The Morgan fingerprint density at radius 1 is 1.29 bits per heavy atom. The average Bonchev–Trinajstić information content (AvgIpc) is 2.46. The van der Waals surface area contributed by atoms with Gasteiger partial charge in [0.05, 0.1) is 6.42 Å². The van der Waals surface area contributed by atoms with Crippen molar-refractivity contribution >= 4 is 12.0 Å². The number of halogens is 1. The first kappa shape index (κ1) is 18.2. The second-order valence-electron chi connectivity index (χ2n) is 7.12. The van der Waals surface area contributed by atoms with Crippen LogP contribution in [0.5, 0.6) is 0 Å². The minimum Gasteiger partial charge on any atom is -0.444 e. The zero-order chi connectivity index (χ0) is 17.7. The van der Waals surface area contributed by atoms with Gasteiger partial charge in [-0.25, -0.2) is 9.18 Å². The third-order valence-electron chi connectivity index (χ3n) is 3.77. The first-order valence-corrected chi connectivity index (χ1v) is 8.25. The van der Waals surface area contributed by atoms with E-state index in [0.717, 1.165) is 0 Å². The van der Waals surface area contributed by atoms with Crippen LogP contribution in [0.3, 0.4) is 0 Å². The van der Waals surface area contributed by atoms with E-state index in [1.807, 2.05) is 20.8 Å². The Labute approximate surface area is 142 Å². The summed E-state index contributed by atoms with van der Waals surface area (Å²) in [7, 11) is 0. The molecule has 0 aromatic heterocycles. The maximum Gasteiger partial charge on any atom is 0.410 e. The molecule has 0 aliphatic carbocycles. The number of piperidine rings is 1. The Hall–Kier alpha value is -2.11. The fourth-order valence-electron chi connectivity index (χ4n) is 2.64. The van der Waals surface area contributed by atoms with Gasteiger partial charge in [0, 0.05) is 19.1 Å². The number of benzene rings is 1. The van der Waals surface area contributed by atoms with Gasteiger partial charge in [0.2, 0.25) is 5.91 Å². The highest BCUT2D eigenvalue weighted by atomic mass is 19.1. The molecule has 1 N–H and O–H groups in total. The van der Waals surface area contributed by atoms with Gasteiger partial charge in [-0.3, -0.25) is 4.79 Å². The molecule has 0 bridgehead atoms. The number of hydrogen-bond donors (Lipinski definition) is 1. The zero-order valence-corrected chi connectivity index (χ0v) is 14.5. The van der Waals surface area contributed by atoms with Crippen molar-refractivity contribution in [1.82, 2.24) is 10.2 Å². The minimum absolute atomic E-state index is 0.0322. The van der Waals surface area contributed by atoms with Crippen LogP contribution >= 0.6 is 0 Å². The molecule has 0 saturated carbocycles.